The maximum absolute atomic E-state index is 5.63. The van der Waals surface area contributed by atoms with E-state index >= 15 is 0 Å². The van der Waals surface area contributed by atoms with Crippen LogP contribution >= 0.6 is 15.9 Å². The molecule has 4 heteroatoms. The summed E-state index contributed by atoms with van der Waals surface area (Å²) < 4.78 is 12.3. The number of halogens is 1. The van der Waals surface area contributed by atoms with Crippen molar-refractivity contribution in [1.29, 1.82) is 0 Å². The molecular formula is C17H18BrNO2. The van der Waals surface area contributed by atoms with Crippen molar-refractivity contribution >= 4 is 21.6 Å². The molecule has 0 saturated heterocycles. The minimum absolute atomic E-state index is 0.278. The first-order chi connectivity index (χ1) is 10.3. The third-order valence-corrected chi connectivity index (χ3v) is 4.09. The summed E-state index contributed by atoms with van der Waals surface area (Å²) in [6.45, 7) is 3.41. The molecule has 0 radical (unpaired) electrons. The average molecular weight is 348 g/mol. The lowest BCUT2D eigenvalue weighted by atomic mass is 10.0. The van der Waals surface area contributed by atoms with E-state index in [1.54, 1.807) is 0 Å². The maximum Gasteiger partial charge on any atom is 0.163 e. The molecule has 2 aromatic carbocycles. The van der Waals surface area contributed by atoms with Gasteiger partial charge >= 0.3 is 0 Å². The minimum atomic E-state index is 0.278. The summed E-state index contributed by atoms with van der Waals surface area (Å²) in [7, 11) is 0. The van der Waals surface area contributed by atoms with E-state index in [0.717, 1.165) is 28.1 Å². The molecule has 21 heavy (non-hydrogen) atoms. The van der Waals surface area contributed by atoms with Gasteiger partial charge in [-0.2, -0.15) is 0 Å². The van der Waals surface area contributed by atoms with Crippen molar-refractivity contribution in [2.24, 2.45) is 0 Å². The van der Waals surface area contributed by atoms with E-state index in [9.17, 15) is 0 Å². The van der Waals surface area contributed by atoms with E-state index < -0.39 is 0 Å². The van der Waals surface area contributed by atoms with E-state index in [0.29, 0.717) is 13.2 Å². The van der Waals surface area contributed by atoms with E-state index in [1.807, 2.05) is 18.2 Å². The molecule has 0 aromatic heterocycles. The summed E-state index contributed by atoms with van der Waals surface area (Å²) in [4.78, 5) is 0. The lowest BCUT2D eigenvalue weighted by molar-refractivity contribution is 0.171. The van der Waals surface area contributed by atoms with Gasteiger partial charge in [0.05, 0.1) is 6.04 Å². The van der Waals surface area contributed by atoms with Crippen molar-refractivity contribution in [3.05, 3.63) is 52.5 Å². The lowest BCUT2D eigenvalue weighted by Crippen LogP contribution is -2.16. The van der Waals surface area contributed by atoms with Gasteiger partial charge in [0, 0.05) is 16.2 Å². The molecule has 2 aromatic rings. The third-order valence-electron chi connectivity index (χ3n) is 3.56. The van der Waals surface area contributed by atoms with Crippen LogP contribution in [0.1, 0.15) is 24.9 Å². The van der Waals surface area contributed by atoms with Crippen molar-refractivity contribution < 1.29 is 9.47 Å². The highest BCUT2D eigenvalue weighted by atomic mass is 79.9. The van der Waals surface area contributed by atoms with E-state index in [1.165, 1.54) is 5.56 Å². The molecule has 3 rings (SSSR count). The second-order valence-corrected chi connectivity index (χ2v) is 5.93. The molecule has 0 aliphatic carbocycles. The van der Waals surface area contributed by atoms with Crippen molar-refractivity contribution in [1.82, 2.24) is 0 Å². The molecular weight excluding hydrogens is 330 g/mol. The highest BCUT2D eigenvalue weighted by Gasteiger charge is 2.14. The third kappa shape index (κ3) is 3.32. The van der Waals surface area contributed by atoms with Crippen LogP contribution in [0.4, 0.5) is 5.69 Å². The van der Waals surface area contributed by atoms with Crippen LogP contribution in [0, 0.1) is 0 Å². The monoisotopic (exact) mass is 347 g/mol. The second-order valence-electron chi connectivity index (χ2n) is 5.02. The number of nitrogens with one attached hydrogen (secondary N) is 1. The molecule has 1 aliphatic rings. The van der Waals surface area contributed by atoms with Crippen LogP contribution < -0.4 is 14.8 Å². The maximum atomic E-state index is 5.63. The second kappa shape index (κ2) is 6.39. The molecule has 1 unspecified atom stereocenters. The summed E-state index contributed by atoms with van der Waals surface area (Å²) >= 11 is 3.47. The fourth-order valence-corrected chi connectivity index (χ4v) is 2.71. The Labute approximate surface area is 133 Å². The van der Waals surface area contributed by atoms with Crippen LogP contribution in [-0.2, 0) is 0 Å². The summed E-state index contributed by atoms with van der Waals surface area (Å²) in [6.07, 6.45) is 1.01. The first-order valence-corrected chi connectivity index (χ1v) is 7.97. The van der Waals surface area contributed by atoms with Crippen molar-refractivity contribution in [3.63, 3.8) is 0 Å². The Morgan fingerprint density at radius 3 is 2.48 bits per heavy atom. The molecule has 1 N–H and O–H groups in total. The molecule has 1 atom stereocenters. The molecule has 1 heterocycles. The van der Waals surface area contributed by atoms with Gasteiger partial charge in [0.2, 0.25) is 0 Å². The lowest BCUT2D eigenvalue weighted by Gasteiger charge is -2.22. The Bertz CT molecular complexity index is 613. The Kier molecular flexibility index (Phi) is 4.34. The topological polar surface area (TPSA) is 30.5 Å². The van der Waals surface area contributed by atoms with Gasteiger partial charge in [0.25, 0.3) is 0 Å². The predicted molar refractivity (Wildman–Crippen MR) is 88.2 cm³/mol. The summed E-state index contributed by atoms with van der Waals surface area (Å²) in [6, 6.07) is 14.7. The molecule has 110 valence electrons. The largest absolute Gasteiger partial charge is 0.486 e. The quantitative estimate of drug-likeness (QED) is 0.862. The smallest absolute Gasteiger partial charge is 0.163 e. The van der Waals surface area contributed by atoms with Crippen LogP contribution in [0.5, 0.6) is 11.5 Å². The first-order valence-electron chi connectivity index (χ1n) is 7.18. The van der Waals surface area contributed by atoms with Crippen LogP contribution in [-0.4, -0.2) is 13.2 Å². The van der Waals surface area contributed by atoms with Gasteiger partial charge in [0.15, 0.2) is 11.5 Å². The van der Waals surface area contributed by atoms with Gasteiger partial charge < -0.3 is 14.8 Å². The zero-order chi connectivity index (χ0) is 14.7. The molecule has 0 amide bonds. The molecule has 0 saturated carbocycles. The summed E-state index contributed by atoms with van der Waals surface area (Å²) in [5.41, 5.74) is 2.32. The van der Waals surface area contributed by atoms with Gasteiger partial charge in [-0.1, -0.05) is 35.0 Å². The van der Waals surface area contributed by atoms with Crippen LogP contribution in [0.25, 0.3) is 0 Å². The Morgan fingerprint density at radius 1 is 1.05 bits per heavy atom. The summed E-state index contributed by atoms with van der Waals surface area (Å²) in [5, 5.41) is 3.56. The van der Waals surface area contributed by atoms with Gasteiger partial charge in [-0.15, -0.1) is 0 Å². The standard InChI is InChI=1S/C17H18BrNO2/c1-2-15(12-3-5-13(18)6-4-12)19-14-7-8-16-17(11-14)21-10-9-20-16/h3-8,11,15,19H,2,9-10H2,1H3. The molecule has 1 aliphatic heterocycles. The number of anilines is 1. The van der Waals surface area contributed by atoms with E-state index in [2.05, 4.69) is 52.4 Å². The van der Waals surface area contributed by atoms with Gasteiger partial charge in [-0.25, -0.2) is 0 Å². The van der Waals surface area contributed by atoms with Gasteiger partial charge in [0.1, 0.15) is 13.2 Å². The number of fused-ring (bicyclic) bond motifs is 1. The van der Waals surface area contributed by atoms with Gasteiger partial charge in [-0.3, -0.25) is 0 Å². The normalized spacial score (nSPS) is 14.6. The molecule has 0 spiro atoms. The van der Waals surface area contributed by atoms with Crippen LogP contribution in [0.15, 0.2) is 46.9 Å². The Hall–Kier alpha value is -1.68. The summed E-state index contributed by atoms with van der Waals surface area (Å²) in [5.74, 6) is 1.64. The van der Waals surface area contributed by atoms with Gasteiger partial charge in [-0.05, 0) is 36.2 Å². The van der Waals surface area contributed by atoms with Crippen molar-refractivity contribution in [2.75, 3.05) is 18.5 Å². The number of hydrogen-bond donors (Lipinski definition) is 1. The number of rotatable bonds is 4. The predicted octanol–water partition coefficient (Wildman–Crippen LogP) is 4.78. The molecule has 0 bridgehead atoms. The van der Waals surface area contributed by atoms with Crippen LogP contribution in [0.2, 0.25) is 0 Å². The fourth-order valence-electron chi connectivity index (χ4n) is 2.45. The highest BCUT2D eigenvalue weighted by molar-refractivity contribution is 9.10. The van der Waals surface area contributed by atoms with E-state index in [4.69, 9.17) is 9.47 Å². The van der Waals surface area contributed by atoms with Crippen molar-refractivity contribution in [3.8, 4) is 11.5 Å². The van der Waals surface area contributed by atoms with E-state index in [-0.39, 0.29) is 6.04 Å². The first kappa shape index (κ1) is 14.3. The highest BCUT2D eigenvalue weighted by Crippen LogP contribution is 2.34. The number of ether oxygens (including phenoxy) is 2. The Morgan fingerprint density at radius 2 is 1.76 bits per heavy atom. The minimum Gasteiger partial charge on any atom is -0.486 e. The molecule has 3 nitrogen and oxygen atoms in total. The SMILES string of the molecule is CCC(Nc1ccc2c(c1)OCCO2)c1ccc(Br)cc1. The zero-order valence-electron chi connectivity index (χ0n) is 11.9. The number of benzene rings is 2. The average Bonchev–Trinajstić information content (AvgIpc) is 2.53. The molecule has 0 fully saturated rings. The number of hydrogen-bond acceptors (Lipinski definition) is 3. The fraction of sp³-hybridized carbons (Fsp3) is 0.294. The van der Waals surface area contributed by atoms with Crippen molar-refractivity contribution in [2.45, 2.75) is 19.4 Å². The van der Waals surface area contributed by atoms with Crippen LogP contribution in [0.3, 0.4) is 0 Å². The zero-order valence-corrected chi connectivity index (χ0v) is 13.5. The Balaban J connectivity index is 1.79.